The molecule has 0 spiro atoms. The van der Waals surface area contributed by atoms with Gasteiger partial charge in [0.1, 0.15) is 0 Å². The van der Waals surface area contributed by atoms with Crippen LogP contribution in [0.25, 0.3) is 0 Å². The van der Waals surface area contributed by atoms with Gasteiger partial charge in [0.05, 0.1) is 12.6 Å². The summed E-state index contributed by atoms with van der Waals surface area (Å²) in [5, 5.41) is 3.17. The molecule has 0 aromatic heterocycles. The van der Waals surface area contributed by atoms with Crippen molar-refractivity contribution >= 4 is 5.91 Å². The normalized spacial score (nSPS) is 14.2. The van der Waals surface area contributed by atoms with E-state index in [2.05, 4.69) is 5.32 Å². The molecule has 0 bridgehead atoms. The number of carbonyl (C=O) groups is 1. The molecule has 0 saturated heterocycles. The predicted octanol–water partition coefficient (Wildman–Crippen LogP) is 0.913. The monoisotopic (exact) mass is 236 g/mol. The summed E-state index contributed by atoms with van der Waals surface area (Å²) in [5.41, 5.74) is 6.50. The molecule has 0 fully saturated rings. The van der Waals surface area contributed by atoms with Crippen molar-refractivity contribution in [2.24, 2.45) is 11.7 Å². The quantitative estimate of drug-likeness (QED) is 0.739. The van der Waals surface area contributed by atoms with Crippen molar-refractivity contribution in [1.82, 2.24) is 5.32 Å². The molecular weight excluding hydrogens is 216 g/mol. The van der Waals surface area contributed by atoms with E-state index in [0.29, 0.717) is 13.2 Å². The van der Waals surface area contributed by atoms with Crippen LogP contribution >= 0.6 is 0 Å². The van der Waals surface area contributed by atoms with Crippen LogP contribution in [-0.2, 0) is 16.1 Å². The van der Waals surface area contributed by atoms with Gasteiger partial charge in [-0.2, -0.15) is 0 Å². The molecule has 0 saturated carbocycles. The van der Waals surface area contributed by atoms with E-state index in [1.54, 1.807) is 7.11 Å². The number of carbonyl (C=O) groups excluding carboxylic acids is 1. The highest BCUT2D eigenvalue weighted by molar-refractivity contribution is 5.80. The van der Waals surface area contributed by atoms with Gasteiger partial charge in [-0.1, -0.05) is 37.3 Å². The summed E-state index contributed by atoms with van der Waals surface area (Å²) in [5.74, 6) is -0.285. The summed E-state index contributed by atoms with van der Waals surface area (Å²) in [6, 6.07) is 9.54. The maximum atomic E-state index is 11.3. The first-order valence-electron chi connectivity index (χ1n) is 5.70. The lowest BCUT2D eigenvalue weighted by molar-refractivity contribution is -0.121. The zero-order valence-electron chi connectivity index (χ0n) is 10.3. The Kier molecular flexibility index (Phi) is 5.66. The van der Waals surface area contributed by atoms with Crippen molar-refractivity contribution < 1.29 is 9.53 Å². The lowest BCUT2D eigenvalue weighted by Gasteiger charge is -2.21. The summed E-state index contributed by atoms with van der Waals surface area (Å²) in [6.07, 6.45) is 0. The number of rotatable bonds is 7. The Hall–Kier alpha value is -1.39. The summed E-state index contributed by atoms with van der Waals surface area (Å²) in [7, 11) is 1.62. The van der Waals surface area contributed by atoms with Gasteiger partial charge in [-0.3, -0.25) is 4.79 Å². The third-order valence-corrected chi connectivity index (χ3v) is 2.67. The summed E-state index contributed by atoms with van der Waals surface area (Å²) in [4.78, 5) is 11.3. The van der Waals surface area contributed by atoms with E-state index < -0.39 is 0 Å². The number of hydrogen-bond acceptors (Lipinski definition) is 3. The highest BCUT2D eigenvalue weighted by Gasteiger charge is 2.21. The molecule has 94 valence electrons. The Morgan fingerprint density at radius 1 is 1.41 bits per heavy atom. The Morgan fingerprint density at radius 3 is 2.59 bits per heavy atom. The van der Waals surface area contributed by atoms with Crippen LogP contribution in [0.2, 0.25) is 0 Å². The number of benzene rings is 1. The Balaban J connectivity index is 2.53. The van der Waals surface area contributed by atoms with Gasteiger partial charge in [0.25, 0.3) is 0 Å². The number of hydrogen-bond donors (Lipinski definition) is 2. The van der Waals surface area contributed by atoms with Crippen LogP contribution in [0.1, 0.15) is 12.5 Å². The minimum absolute atomic E-state index is 0.0567. The van der Waals surface area contributed by atoms with Gasteiger partial charge < -0.3 is 15.8 Å². The molecule has 1 aromatic carbocycles. The van der Waals surface area contributed by atoms with Gasteiger partial charge in [-0.05, 0) is 5.56 Å². The van der Waals surface area contributed by atoms with Gasteiger partial charge in [0.2, 0.25) is 5.91 Å². The predicted molar refractivity (Wildman–Crippen MR) is 67.3 cm³/mol. The van der Waals surface area contributed by atoms with Crippen molar-refractivity contribution in [3.05, 3.63) is 35.9 Å². The Bertz CT molecular complexity index is 341. The molecule has 2 atom stereocenters. The smallest absolute Gasteiger partial charge is 0.234 e. The minimum atomic E-state index is -0.366. The molecule has 3 N–H and O–H groups in total. The molecule has 0 aliphatic heterocycles. The number of nitrogens with two attached hydrogens (primary N) is 1. The summed E-state index contributed by atoms with van der Waals surface area (Å²) < 4.78 is 5.04. The molecule has 0 aliphatic rings. The average molecular weight is 236 g/mol. The molecule has 0 radical (unpaired) electrons. The van der Waals surface area contributed by atoms with Gasteiger partial charge >= 0.3 is 0 Å². The fourth-order valence-electron chi connectivity index (χ4n) is 1.76. The largest absolute Gasteiger partial charge is 0.384 e. The highest BCUT2D eigenvalue weighted by Crippen LogP contribution is 2.05. The van der Waals surface area contributed by atoms with Gasteiger partial charge in [-0.15, -0.1) is 0 Å². The van der Waals surface area contributed by atoms with E-state index in [-0.39, 0.29) is 17.9 Å². The van der Waals surface area contributed by atoms with E-state index in [1.165, 1.54) is 0 Å². The van der Waals surface area contributed by atoms with Crippen LogP contribution < -0.4 is 11.1 Å². The molecule has 1 amide bonds. The van der Waals surface area contributed by atoms with Crippen molar-refractivity contribution in [3.8, 4) is 0 Å². The van der Waals surface area contributed by atoms with E-state index in [1.807, 2.05) is 37.3 Å². The summed E-state index contributed by atoms with van der Waals surface area (Å²) in [6.45, 7) is 3.08. The van der Waals surface area contributed by atoms with Gasteiger partial charge in [0, 0.05) is 19.6 Å². The number of methoxy groups -OCH3 is 1. The number of amides is 1. The molecular formula is C13H20N2O2. The first-order valence-corrected chi connectivity index (χ1v) is 5.70. The molecule has 4 heteroatoms. The highest BCUT2D eigenvalue weighted by atomic mass is 16.5. The molecule has 1 rings (SSSR count). The van der Waals surface area contributed by atoms with Crippen LogP contribution in [0.15, 0.2) is 30.3 Å². The second kappa shape index (κ2) is 7.04. The Morgan fingerprint density at radius 2 is 2.06 bits per heavy atom. The van der Waals surface area contributed by atoms with E-state index in [4.69, 9.17) is 10.5 Å². The molecule has 0 heterocycles. The zero-order valence-corrected chi connectivity index (χ0v) is 10.3. The minimum Gasteiger partial charge on any atom is -0.384 e. The fraction of sp³-hybridized carbons (Fsp3) is 0.462. The third kappa shape index (κ3) is 4.54. The number of nitrogens with one attached hydrogen (secondary N) is 1. The summed E-state index contributed by atoms with van der Waals surface area (Å²) >= 11 is 0. The van der Waals surface area contributed by atoms with Crippen molar-refractivity contribution in [3.63, 3.8) is 0 Å². The number of primary amides is 1. The second-order valence-corrected chi connectivity index (χ2v) is 4.18. The standard InChI is InChI=1S/C13H20N2O2/c1-10(9-17-2)12(13(14)16)15-8-11-6-4-3-5-7-11/h3-7,10,12,15H,8-9H2,1-2H3,(H2,14,16). The Labute approximate surface area is 102 Å². The van der Waals surface area contributed by atoms with Crippen LogP contribution in [0.5, 0.6) is 0 Å². The second-order valence-electron chi connectivity index (χ2n) is 4.18. The van der Waals surface area contributed by atoms with E-state index >= 15 is 0 Å². The maximum Gasteiger partial charge on any atom is 0.234 e. The number of ether oxygens (including phenoxy) is 1. The van der Waals surface area contributed by atoms with Crippen LogP contribution in [0, 0.1) is 5.92 Å². The molecule has 2 unspecified atom stereocenters. The topological polar surface area (TPSA) is 64.3 Å². The molecule has 17 heavy (non-hydrogen) atoms. The van der Waals surface area contributed by atoms with Crippen LogP contribution in [0.4, 0.5) is 0 Å². The van der Waals surface area contributed by atoms with Gasteiger partial charge in [0.15, 0.2) is 0 Å². The average Bonchev–Trinajstić information content (AvgIpc) is 2.30. The molecule has 0 aliphatic carbocycles. The van der Waals surface area contributed by atoms with Crippen molar-refractivity contribution in [2.45, 2.75) is 19.5 Å². The lowest BCUT2D eigenvalue weighted by Crippen LogP contribution is -2.46. The molecule has 4 nitrogen and oxygen atoms in total. The van der Waals surface area contributed by atoms with Gasteiger partial charge in [-0.25, -0.2) is 0 Å². The first kappa shape index (κ1) is 13.7. The van der Waals surface area contributed by atoms with E-state index in [0.717, 1.165) is 5.56 Å². The molecule has 1 aromatic rings. The van der Waals surface area contributed by atoms with E-state index in [9.17, 15) is 4.79 Å². The SMILES string of the molecule is COCC(C)C(NCc1ccccc1)C(N)=O. The van der Waals surface area contributed by atoms with Crippen LogP contribution in [0.3, 0.4) is 0 Å². The van der Waals surface area contributed by atoms with Crippen LogP contribution in [-0.4, -0.2) is 25.7 Å². The van der Waals surface area contributed by atoms with Crippen molar-refractivity contribution in [1.29, 1.82) is 0 Å². The van der Waals surface area contributed by atoms with Crippen molar-refractivity contribution in [2.75, 3.05) is 13.7 Å². The first-order chi connectivity index (χ1) is 8.15. The third-order valence-electron chi connectivity index (χ3n) is 2.67. The maximum absolute atomic E-state index is 11.3. The lowest BCUT2D eigenvalue weighted by atomic mass is 10.0. The fourth-order valence-corrected chi connectivity index (χ4v) is 1.76. The zero-order chi connectivity index (χ0) is 12.7.